The average molecular weight is 290 g/mol. The number of aliphatic hydroxyl groups excluding tert-OH is 1. The minimum absolute atomic E-state index is 0.0244. The summed E-state index contributed by atoms with van der Waals surface area (Å²) in [5.74, 6) is 0.904. The van der Waals surface area contributed by atoms with Gasteiger partial charge in [-0.15, -0.1) is 0 Å². The van der Waals surface area contributed by atoms with E-state index in [9.17, 15) is 5.11 Å². The minimum atomic E-state index is -0.234. The van der Waals surface area contributed by atoms with Crippen LogP contribution in [0.2, 0.25) is 0 Å². The summed E-state index contributed by atoms with van der Waals surface area (Å²) in [6.45, 7) is 8.41. The molecule has 2 nitrogen and oxygen atoms in total. The van der Waals surface area contributed by atoms with Gasteiger partial charge in [0.05, 0.1) is 13.2 Å². The number of hydrogen-bond acceptors (Lipinski definition) is 2. The van der Waals surface area contributed by atoms with Crippen LogP contribution in [-0.4, -0.2) is 18.3 Å². The molecule has 2 heteroatoms. The van der Waals surface area contributed by atoms with Crippen molar-refractivity contribution in [3.05, 3.63) is 41.5 Å². The first-order valence-electron chi connectivity index (χ1n) is 7.79. The van der Waals surface area contributed by atoms with Crippen LogP contribution in [0.3, 0.4) is 0 Å². The zero-order chi connectivity index (χ0) is 15.9. The molecule has 0 unspecified atom stereocenters. The minimum Gasteiger partial charge on any atom is -0.497 e. The van der Waals surface area contributed by atoms with Crippen molar-refractivity contribution in [3.8, 4) is 5.75 Å². The number of methoxy groups -OCH3 is 1. The smallest absolute Gasteiger partial charge is 0.118 e. The second kappa shape index (κ2) is 8.23. The van der Waals surface area contributed by atoms with E-state index in [1.807, 2.05) is 12.1 Å². The predicted molar refractivity (Wildman–Crippen MR) is 89.8 cm³/mol. The van der Waals surface area contributed by atoms with Crippen LogP contribution in [0.1, 0.15) is 52.5 Å². The molecule has 1 atom stereocenters. The zero-order valence-electron chi connectivity index (χ0n) is 14.1. The van der Waals surface area contributed by atoms with Crippen LogP contribution in [0.4, 0.5) is 0 Å². The average Bonchev–Trinajstić information content (AvgIpc) is 2.44. The van der Waals surface area contributed by atoms with Crippen LogP contribution in [-0.2, 0) is 6.42 Å². The molecule has 0 spiro atoms. The Kier molecular flexibility index (Phi) is 6.97. The monoisotopic (exact) mass is 290 g/mol. The molecule has 0 aliphatic carbocycles. The third-order valence-electron chi connectivity index (χ3n) is 3.90. The lowest BCUT2D eigenvalue weighted by Crippen LogP contribution is -2.25. The zero-order valence-corrected chi connectivity index (χ0v) is 14.1. The molecule has 0 radical (unpaired) electrons. The second-order valence-electron chi connectivity index (χ2n) is 6.86. The lowest BCUT2D eigenvalue weighted by atomic mass is 9.86. The molecule has 1 aromatic carbocycles. The Morgan fingerprint density at radius 3 is 2.38 bits per heavy atom. The van der Waals surface area contributed by atoms with E-state index in [0.717, 1.165) is 31.4 Å². The van der Waals surface area contributed by atoms with E-state index >= 15 is 0 Å². The Hall–Kier alpha value is -1.28. The molecule has 21 heavy (non-hydrogen) atoms. The topological polar surface area (TPSA) is 29.5 Å². The molecule has 1 aromatic rings. The van der Waals surface area contributed by atoms with Gasteiger partial charge in [0, 0.05) is 0 Å². The summed E-state index contributed by atoms with van der Waals surface area (Å²) in [6, 6.07) is 8.24. The van der Waals surface area contributed by atoms with Crippen LogP contribution >= 0.6 is 0 Å². The van der Waals surface area contributed by atoms with Crippen molar-refractivity contribution in [2.75, 3.05) is 7.11 Å². The summed E-state index contributed by atoms with van der Waals surface area (Å²) in [4.78, 5) is 0. The van der Waals surface area contributed by atoms with Crippen molar-refractivity contribution >= 4 is 0 Å². The second-order valence-corrected chi connectivity index (χ2v) is 6.86. The predicted octanol–water partition coefficient (Wildman–Crippen LogP) is 4.76. The highest BCUT2D eigenvalue weighted by Crippen LogP contribution is 2.24. The number of hydrogen-bond donors (Lipinski definition) is 1. The molecule has 1 N–H and O–H groups in total. The van der Waals surface area contributed by atoms with E-state index < -0.39 is 0 Å². The first kappa shape index (κ1) is 17.8. The molecule has 0 saturated heterocycles. The fraction of sp³-hybridized carbons (Fsp3) is 0.579. The summed E-state index contributed by atoms with van der Waals surface area (Å²) in [5, 5.41) is 10.0. The highest BCUT2D eigenvalue weighted by molar-refractivity contribution is 5.27. The lowest BCUT2D eigenvalue weighted by molar-refractivity contribution is 0.0560. The van der Waals surface area contributed by atoms with Gasteiger partial charge in [-0.3, -0.25) is 0 Å². The Bertz CT molecular complexity index is 438. The van der Waals surface area contributed by atoms with E-state index in [2.05, 4.69) is 45.9 Å². The Labute approximate surface area is 129 Å². The van der Waals surface area contributed by atoms with Gasteiger partial charge in [0.25, 0.3) is 0 Å². The molecule has 0 heterocycles. The van der Waals surface area contributed by atoms with E-state index in [1.54, 1.807) is 7.11 Å². The number of aliphatic hydroxyl groups is 1. The van der Waals surface area contributed by atoms with Crippen molar-refractivity contribution in [2.24, 2.45) is 5.41 Å². The maximum absolute atomic E-state index is 10.0. The molecule has 118 valence electrons. The maximum Gasteiger partial charge on any atom is 0.118 e. The van der Waals surface area contributed by atoms with E-state index in [1.165, 1.54) is 11.1 Å². The SMILES string of the molecule is COc1ccc(CCC=C(C)CC[C@@H](O)C(C)(C)C)cc1. The quantitative estimate of drug-likeness (QED) is 0.734. The van der Waals surface area contributed by atoms with Gasteiger partial charge in [0.15, 0.2) is 0 Å². The number of aryl methyl sites for hydroxylation is 1. The standard InChI is InChI=1S/C19H30O2/c1-15(9-14-18(20)19(2,3)4)7-6-8-16-10-12-17(21-5)13-11-16/h7,10-13,18,20H,6,8-9,14H2,1-5H3/t18-/m1/s1. The van der Waals surface area contributed by atoms with Crippen molar-refractivity contribution in [3.63, 3.8) is 0 Å². The summed E-state index contributed by atoms with van der Waals surface area (Å²) in [7, 11) is 1.69. The molecule has 0 aliphatic heterocycles. The fourth-order valence-electron chi connectivity index (χ4n) is 2.18. The molecule has 0 bridgehead atoms. The van der Waals surface area contributed by atoms with Crippen molar-refractivity contribution in [1.82, 2.24) is 0 Å². The third-order valence-corrected chi connectivity index (χ3v) is 3.90. The fourth-order valence-corrected chi connectivity index (χ4v) is 2.18. The Balaban J connectivity index is 2.35. The highest BCUT2D eigenvalue weighted by atomic mass is 16.5. The van der Waals surface area contributed by atoms with E-state index in [-0.39, 0.29) is 11.5 Å². The molecule has 1 rings (SSSR count). The van der Waals surface area contributed by atoms with Crippen LogP contribution in [0, 0.1) is 5.41 Å². The first-order valence-corrected chi connectivity index (χ1v) is 7.79. The molecule has 0 aliphatic rings. The van der Waals surface area contributed by atoms with Crippen molar-refractivity contribution in [1.29, 1.82) is 0 Å². The van der Waals surface area contributed by atoms with E-state index in [4.69, 9.17) is 4.74 Å². The molecule has 0 saturated carbocycles. The molecule has 0 amide bonds. The highest BCUT2D eigenvalue weighted by Gasteiger charge is 2.21. The van der Waals surface area contributed by atoms with Gasteiger partial charge in [-0.05, 0) is 55.7 Å². The molecule has 0 fully saturated rings. The van der Waals surface area contributed by atoms with Gasteiger partial charge >= 0.3 is 0 Å². The Morgan fingerprint density at radius 2 is 1.86 bits per heavy atom. The number of ether oxygens (including phenoxy) is 1. The molecular weight excluding hydrogens is 260 g/mol. The maximum atomic E-state index is 10.0. The third kappa shape index (κ3) is 6.81. The number of rotatable bonds is 7. The molecule has 0 aromatic heterocycles. The largest absolute Gasteiger partial charge is 0.497 e. The van der Waals surface area contributed by atoms with Gasteiger partial charge in [-0.2, -0.15) is 0 Å². The Morgan fingerprint density at radius 1 is 1.24 bits per heavy atom. The van der Waals surface area contributed by atoms with Gasteiger partial charge < -0.3 is 9.84 Å². The van der Waals surface area contributed by atoms with Crippen molar-refractivity contribution < 1.29 is 9.84 Å². The van der Waals surface area contributed by atoms with Gasteiger partial charge in [0.1, 0.15) is 5.75 Å². The van der Waals surface area contributed by atoms with Crippen LogP contribution in [0.15, 0.2) is 35.9 Å². The van der Waals surface area contributed by atoms with Crippen LogP contribution in [0.5, 0.6) is 5.75 Å². The first-order chi connectivity index (χ1) is 9.82. The summed E-state index contributed by atoms with van der Waals surface area (Å²) in [6.07, 6.45) is 5.96. The van der Waals surface area contributed by atoms with Crippen LogP contribution < -0.4 is 4.74 Å². The summed E-state index contributed by atoms with van der Waals surface area (Å²) >= 11 is 0. The lowest BCUT2D eigenvalue weighted by Gasteiger charge is -2.25. The van der Waals surface area contributed by atoms with Gasteiger partial charge in [-0.25, -0.2) is 0 Å². The van der Waals surface area contributed by atoms with Gasteiger partial charge in [-0.1, -0.05) is 44.6 Å². The summed E-state index contributed by atoms with van der Waals surface area (Å²) < 4.78 is 5.16. The van der Waals surface area contributed by atoms with Crippen molar-refractivity contribution in [2.45, 2.75) is 59.5 Å². The normalized spacial score (nSPS) is 14.1. The number of allylic oxidation sites excluding steroid dienone is 2. The van der Waals surface area contributed by atoms with Crippen LogP contribution in [0.25, 0.3) is 0 Å². The summed E-state index contributed by atoms with van der Waals surface area (Å²) in [5.41, 5.74) is 2.67. The molecular formula is C19H30O2. The number of benzene rings is 1. The van der Waals surface area contributed by atoms with E-state index in [0.29, 0.717) is 0 Å². The van der Waals surface area contributed by atoms with Gasteiger partial charge in [0.2, 0.25) is 0 Å².